The Morgan fingerprint density at radius 3 is 0.767 bits per heavy atom. The van der Waals surface area contributed by atoms with Gasteiger partial charge in [0.1, 0.15) is 0 Å². The molecule has 1 amide bonds. The monoisotopic (exact) mass is 5350 g/mol. The number of nitrogens with one attached hydrogen (secondary N) is 1. The molecule has 55 radical (unpaired) electrons. The molecule has 347 valence electrons. The summed E-state index contributed by atoms with van der Waals surface area (Å²) < 4.78 is 15.8. The number of hydrogen-bond acceptors (Lipinski definition) is 3. The molecule has 0 spiro atoms. The number of unbranched alkanes of at least 4 members (excludes halogenated alkanes) is 11. The first-order chi connectivity index (χ1) is 15.0. The van der Waals surface area contributed by atoms with Gasteiger partial charge in [-0.1, -0.05) is 76.2 Å². The van der Waals surface area contributed by atoms with E-state index in [0.29, 0.717) is 19.6 Å². The number of hydrogen-bond donors (Lipinski definition) is 2. The van der Waals surface area contributed by atoms with Crippen LogP contribution in [0.5, 0.6) is 0 Å². The van der Waals surface area contributed by atoms with Gasteiger partial charge in [-0.25, -0.2) is 0 Å². The van der Waals surface area contributed by atoms with E-state index in [-0.39, 0.29) is 1800 Å². The molecule has 0 fully saturated rings. The normalized spacial score (nSPS) is 4.97. The summed E-state index contributed by atoms with van der Waals surface area (Å²) in [6.07, 6.45) is 26.6. The molecule has 1 unspecified atom stereocenters. The van der Waals surface area contributed by atoms with Crippen molar-refractivity contribution in [1.82, 2.24) is 5.32 Å². The minimum Gasteiger partial charge on any atom is -0.356 e. The second kappa shape index (κ2) is 348. The maximum absolute atomic E-state index is 11.8. The third-order valence-corrected chi connectivity index (χ3v) is 5.74. The van der Waals surface area contributed by atoms with E-state index in [0.717, 1.165) is 51.4 Å². The summed E-state index contributed by atoms with van der Waals surface area (Å²) in [6, 6.07) is 0. The Morgan fingerprint density at radius 1 is 0.314 bits per heavy atom. The molecule has 0 aromatic rings. The predicted molar refractivity (Wildman–Crippen MR) is 133 cm³/mol. The van der Waals surface area contributed by atoms with Crippen molar-refractivity contribution in [3.8, 4) is 0 Å². The molecule has 0 rings (SSSR count). The van der Waals surface area contributed by atoms with E-state index in [1.165, 1.54) is 51.6 Å². The van der Waals surface area contributed by atoms with Crippen LogP contribution in [0, 0.1) is 0 Å². The fourth-order valence-corrected chi connectivity index (χ4v) is 3.70. The maximum atomic E-state index is 11.8. The Kier molecular flexibility index (Phi) is 1530. The van der Waals surface area contributed by atoms with Gasteiger partial charge in [0.05, 0.1) is 6.61 Å². The SMILES string of the molecule is CCCCC/C=C\C/C=C\CCCCCCCC(=O)NCCCCCCOP(C)(=O)O.[Y].[Y].[Y].[Y].[Y].[Y].[Y].[Y].[Y].[Y].[Y].[Y].[Y].[Y].[Y].[Y].[Y].[Y].[Y].[Y].[Y].[Y].[Y].[Y].[Y].[Y].[Y].[Y].[Y].[Y].[Y].[Y].[Y].[Y].[Y].[Y].[Y].[Y].[Y].[Y].[Y].[Y].[Y].[Y].[Y].[Y].[Y].[Y].[Y].[Y].[Y].[Y].[Y].[Y].[Y]. The Bertz CT molecular complexity index is 595. The molecule has 0 aliphatic heterocycles. The van der Waals surface area contributed by atoms with Crippen LogP contribution in [0.1, 0.15) is 110 Å². The molecule has 0 aromatic carbocycles. The zero-order chi connectivity index (χ0) is 23.0. The van der Waals surface area contributed by atoms with Crippen molar-refractivity contribution in [2.75, 3.05) is 19.8 Å². The zero-order valence-corrected chi connectivity index (χ0v) is 209. The molecule has 1 atom stereocenters. The van der Waals surface area contributed by atoms with Crippen molar-refractivity contribution in [1.29, 1.82) is 0 Å². The third-order valence-electron chi connectivity index (χ3n) is 5.08. The smallest absolute Gasteiger partial charge is 0.325 e. The van der Waals surface area contributed by atoms with Crippen LogP contribution in [-0.2, 0) is 1810 Å². The van der Waals surface area contributed by atoms with E-state index >= 15 is 0 Å². The van der Waals surface area contributed by atoms with Gasteiger partial charge in [0.2, 0.25) is 5.91 Å². The molecular weight excluding hydrogens is 5300 g/mol. The van der Waals surface area contributed by atoms with Crippen molar-refractivity contribution < 1.29 is 1820 Å². The van der Waals surface area contributed by atoms with Gasteiger partial charge in [-0.3, -0.25) is 9.36 Å². The molecule has 0 bridgehead atoms. The van der Waals surface area contributed by atoms with E-state index in [2.05, 4.69) is 36.5 Å². The molecule has 5 nitrogen and oxygen atoms in total. The summed E-state index contributed by atoms with van der Waals surface area (Å²) >= 11 is 0. The number of carbonyl (C=O) groups is 1. The minimum atomic E-state index is -3.33. The number of carbonyl (C=O) groups excluding carboxylic acids is 1. The Morgan fingerprint density at radius 2 is 0.523 bits per heavy atom. The standard InChI is InChI=1S/C25H48NO4P.55Y/c1-3-4-5-6-7-8-9-10-11-12-13-14-15-16-19-22-25(27)26-23-20-17-18-21-24-30-31(2,28)29;;;;;;;;;;;;;;;;;;;;;;;;;;;;;;;;;;;;;;;;;;;;;;;;;;;;;;;/h7-8,10-11H,3-6,9,12-24H2,1-2H3,(H,26,27)(H,28,29);;;;;;;;;;;;;;;;;;;;;;;;;;;;;;;;;;;;;;;;;;;;;;;;;;;;;;;/b8-7-,11-10-;;;;;;;;;;;;;;;;;;;;;;;;;;;;;;;;;;;;;;;;;;;;;;;;;;;;;;;. The Balaban J connectivity index is -0.00000000303. The molecule has 86 heavy (non-hydrogen) atoms. The van der Waals surface area contributed by atoms with Crippen LogP contribution in [0.25, 0.3) is 0 Å². The van der Waals surface area contributed by atoms with Crippen LogP contribution >= 0.6 is 7.60 Å². The first-order valence-electron chi connectivity index (χ1n) is 12.5. The average molecular weight is 5350 g/mol. The van der Waals surface area contributed by atoms with Crippen LogP contribution in [0.4, 0.5) is 0 Å². The van der Waals surface area contributed by atoms with Gasteiger partial charge < -0.3 is 14.7 Å². The quantitative estimate of drug-likeness (QED) is 0.0686. The molecular formula is C25H48NO4PY55. The number of allylic oxidation sites excluding steroid dienone is 4. The van der Waals surface area contributed by atoms with Crippen LogP contribution in [0.15, 0.2) is 24.3 Å². The van der Waals surface area contributed by atoms with E-state index in [1.54, 1.807) is 0 Å². The van der Waals surface area contributed by atoms with E-state index in [9.17, 15) is 9.36 Å². The van der Waals surface area contributed by atoms with Crippen LogP contribution in [-0.4, -0.2) is 30.6 Å². The van der Waals surface area contributed by atoms with Crippen LogP contribution in [0.2, 0.25) is 0 Å². The summed E-state index contributed by atoms with van der Waals surface area (Å²) in [4.78, 5) is 20.8. The van der Waals surface area contributed by atoms with Gasteiger partial charge in [0.15, 0.2) is 0 Å². The summed E-state index contributed by atoms with van der Waals surface area (Å²) in [5.74, 6) is 0.154. The van der Waals surface area contributed by atoms with Gasteiger partial charge in [-0.2, -0.15) is 0 Å². The Hall–Kier alpha value is 59.8. The maximum Gasteiger partial charge on any atom is 0.325 e. The molecule has 0 heterocycles. The molecule has 2 N–H and O–H groups in total. The molecule has 0 saturated carbocycles. The van der Waals surface area contributed by atoms with Crippen molar-refractivity contribution in [2.24, 2.45) is 0 Å². The first-order valence-corrected chi connectivity index (χ1v) is 14.5. The van der Waals surface area contributed by atoms with Gasteiger partial charge in [-0.05, 0) is 51.4 Å². The molecule has 0 saturated heterocycles. The Labute approximate surface area is 1920 Å². The minimum absolute atomic E-state index is 0. The van der Waals surface area contributed by atoms with Gasteiger partial charge >= 0.3 is 7.60 Å². The van der Waals surface area contributed by atoms with Crippen molar-refractivity contribution in [3.63, 3.8) is 0 Å². The molecule has 0 aromatic heterocycles. The first kappa shape index (κ1) is 379. The van der Waals surface area contributed by atoms with Crippen molar-refractivity contribution in [2.45, 2.75) is 110 Å². The molecule has 0 aliphatic rings. The van der Waals surface area contributed by atoms with Crippen LogP contribution < -0.4 is 5.32 Å². The van der Waals surface area contributed by atoms with Crippen molar-refractivity contribution >= 4 is 13.5 Å². The summed E-state index contributed by atoms with van der Waals surface area (Å²) in [6.45, 7) is 4.48. The topological polar surface area (TPSA) is 75.6 Å². The second-order valence-electron chi connectivity index (χ2n) is 8.38. The van der Waals surface area contributed by atoms with E-state index < -0.39 is 7.60 Å². The van der Waals surface area contributed by atoms with E-state index in [1.807, 2.05) is 0 Å². The summed E-state index contributed by atoms with van der Waals surface area (Å²) in [7, 11) is -3.33. The molecule has 61 heteroatoms. The van der Waals surface area contributed by atoms with Crippen molar-refractivity contribution in [3.05, 3.63) is 24.3 Å². The van der Waals surface area contributed by atoms with E-state index in [4.69, 9.17) is 9.42 Å². The number of amides is 1. The predicted octanol–water partition coefficient (Wildman–Crippen LogP) is 7.17. The fraction of sp³-hybridized carbons (Fsp3) is 0.800. The average Bonchev–Trinajstić information content (AvgIpc) is 2.72. The molecule has 0 aliphatic carbocycles. The van der Waals surface area contributed by atoms with Gasteiger partial charge in [0, 0.05) is 1820 Å². The van der Waals surface area contributed by atoms with Gasteiger partial charge in [0.25, 0.3) is 0 Å². The summed E-state index contributed by atoms with van der Waals surface area (Å²) in [5.41, 5.74) is 0. The zero-order valence-electron chi connectivity index (χ0n) is 51.9. The fourth-order valence-electron chi connectivity index (χ4n) is 3.23. The van der Waals surface area contributed by atoms with Gasteiger partial charge in [-0.15, -0.1) is 0 Å². The van der Waals surface area contributed by atoms with Crippen LogP contribution in [0.3, 0.4) is 0 Å². The number of rotatable bonds is 22. The second-order valence-corrected chi connectivity index (χ2v) is 10.2. The summed E-state index contributed by atoms with van der Waals surface area (Å²) in [5, 5.41) is 2.98. The third kappa shape index (κ3) is 372. The largest absolute Gasteiger partial charge is 0.356 e.